The lowest BCUT2D eigenvalue weighted by molar-refractivity contribution is -1.10. The fourth-order valence-corrected chi connectivity index (χ4v) is 5.04. The molecule has 2 bridgehead atoms. The lowest BCUT2D eigenvalue weighted by Gasteiger charge is -2.60. The minimum absolute atomic E-state index is 0.195. The molecule has 5 rings (SSSR count). The van der Waals surface area contributed by atoms with Crippen LogP contribution >= 0.6 is 0 Å². The van der Waals surface area contributed by atoms with Crippen molar-refractivity contribution in [3.8, 4) is 0 Å². The molecule has 26 heavy (non-hydrogen) atoms. The van der Waals surface area contributed by atoms with E-state index in [9.17, 15) is 19.2 Å². The van der Waals surface area contributed by atoms with E-state index in [-0.39, 0.29) is 36.0 Å². The summed E-state index contributed by atoms with van der Waals surface area (Å²) in [5, 5.41) is 0. The van der Waals surface area contributed by atoms with Crippen LogP contribution in [0.5, 0.6) is 0 Å². The van der Waals surface area contributed by atoms with Gasteiger partial charge < -0.3 is 0 Å². The van der Waals surface area contributed by atoms with Crippen LogP contribution in [0.2, 0.25) is 0 Å². The molecule has 0 N–H and O–H groups in total. The Morgan fingerprint density at radius 1 is 0.615 bits per heavy atom. The number of piperazine rings is 3. The number of quaternary nitrogens is 2. The highest BCUT2D eigenvalue weighted by molar-refractivity contribution is 6.13. The first kappa shape index (κ1) is 17.1. The van der Waals surface area contributed by atoms with E-state index in [1.54, 1.807) is 0 Å². The lowest BCUT2D eigenvalue weighted by Crippen LogP contribution is -2.81. The number of carbonyl (C=O) groups excluding carboxylic acids is 4. The van der Waals surface area contributed by atoms with Crippen LogP contribution in [0.25, 0.3) is 0 Å². The zero-order valence-electron chi connectivity index (χ0n) is 15.1. The highest BCUT2D eigenvalue weighted by Crippen LogP contribution is 2.34. The fourth-order valence-electron chi connectivity index (χ4n) is 5.04. The van der Waals surface area contributed by atoms with Crippen molar-refractivity contribution in [2.24, 2.45) is 0 Å². The topological polar surface area (TPSA) is 74.8 Å². The molecule has 0 aromatic heterocycles. The van der Waals surface area contributed by atoms with E-state index < -0.39 is 0 Å². The van der Waals surface area contributed by atoms with E-state index in [4.69, 9.17) is 0 Å². The molecule has 3 saturated heterocycles. The van der Waals surface area contributed by atoms with E-state index in [0.717, 1.165) is 39.3 Å². The minimum atomic E-state index is -0.236. The summed E-state index contributed by atoms with van der Waals surface area (Å²) >= 11 is 0. The lowest BCUT2D eigenvalue weighted by atomic mass is 10.0. The Bertz CT molecular complexity index is 647. The first-order chi connectivity index (χ1) is 12.3. The number of imide groups is 2. The van der Waals surface area contributed by atoms with E-state index in [2.05, 4.69) is 0 Å². The Balaban J connectivity index is 1.51. The minimum Gasteiger partial charge on any atom is -0.290 e. The van der Waals surface area contributed by atoms with Gasteiger partial charge in [-0.2, -0.15) is 0 Å². The quantitative estimate of drug-likeness (QED) is 0.485. The monoisotopic (exact) mass is 360 g/mol. The third-order valence-electron chi connectivity index (χ3n) is 6.99. The summed E-state index contributed by atoms with van der Waals surface area (Å²) in [5.74, 6) is -0.946. The van der Waals surface area contributed by atoms with Crippen LogP contribution < -0.4 is 0 Å². The predicted molar refractivity (Wildman–Crippen MR) is 90.6 cm³/mol. The van der Waals surface area contributed by atoms with E-state index in [0.29, 0.717) is 8.97 Å². The number of fused-ring (bicyclic) bond motifs is 3. The normalized spacial score (nSPS) is 35.8. The molecule has 3 fully saturated rings. The van der Waals surface area contributed by atoms with Crippen molar-refractivity contribution in [2.45, 2.75) is 26.2 Å². The Labute approximate surface area is 152 Å². The molecule has 8 nitrogen and oxygen atoms in total. The second-order valence-corrected chi connectivity index (χ2v) is 7.80. The average molecular weight is 360 g/mol. The molecule has 0 aliphatic carbocycles. The van der Waals surface area contributed by atoms with Gasteiger partial charge in [-0.05, 0) is 0 Å². The molecule has 0 spiro atoms. The molecule has 0 radical (unpaired) electrons. The molecule has 5 aliphatic heterocycles. The van der Waals surface area contributed by atoms with Crippen molar-refractivity contribution in [1.82, 2.24) is 9.80 Å². The second kappa shape index (κ2) is 5.59. The van der Waals surface area contributed by atoms with Crippen molar-refractivity contribution in [3.05, 3.63) is 24.3 Å². The standard InChI is InChI=1S/C18H24N4O4/c1-13(19-15(23)3-4-16(19)24)21-7-10-22(11-8-21,12-9-21)14(2)20-17(25)5-6-18(20)26/h3-6,13-14H,7-12H2,1-2H3/q+2. The first-order valence-corrected chi connectivity index (χ1v) is 9.12. The maximum absolute atomic E-state index is 12.1. The van der Waals surface area contributed by atoms with Crippen LogP contribution in [0.3, 0.4) is 0 Å². The van der Waals surface area contributed by atoms with Crippen molar-refractivity contribution in [1.29, 1.82) is 0 Å². The SMILES string of the molecule is CC(N1C(=O)C=CC1=O)[N+]12CC[N+](C(C)N3C(=O)C=CC3=O)(CC1)CC2. The Kier molecular flexibility index (Phi) is 3.68. The molecule has 4 amide bonds. The van der Waals surface area contributed by atoms with Gasteiger partial charge in [0.25, 0.3) is 23.6 Å². The van der Waals surface area contributed by atoms with Gasteiger partial charge in [0.15, 0.2) is 12.3 Å². The summed E-state index contributed by atoms with van der Waals surface area (Å²) < 4.78 is 1.43. The summed E-state index contributed by atoms with van der Waals surface area (Å²) in [4.78, 5) is 51.0. The number of amides is 4. The molecule has 0 aromatic carbocycles. The van der Waals surface area contributed by atoms with Crippen molar-refractivity contribution in [3.63, 3.8) is 0 Å². The predicted octanol–water partition coefficient (Wildman–Crippen LogP) is -0.811. The Hall–Kier alpha value is -2.32. The van der Waals surface area contributed by atoms with Crippen LogP contribution in [0, 0.1) is 0 Å². The zero-order valence-corrected chi connectivity index (χ0v) is 15.1. The summed E-state index contributed by atoms with van der Waals surface area (Å²) in [6.45, 7) is 8.86. The molecule has 5 heterocycles. The van der Waals surface area contributed by atoms with Gasteiger partial charge in [0.05, 0.1) is 0 Å². The first-order valence-electron chi connectivity index (χ1n) is 9.12. The number of hydrogen-bond donors (Lipinski definition) is 0. The molecule has 138 valence electrons. The maximum Gasteiger partial charge on any atom is 0.258 e. The number of carbonyl (C=O) groups is 4. The number of hydrogen-bond acceptors (Lipinski definition) is 4. The van der Waals surface area contributed by atoms with E-state index in [1.807, 2.05) is 13.8 Å². The van der Waals surface area contributed by atoms with Gasteiger partial charge in [-0.1, -0.05) is 0 Å². The van der Waals surface area contributed by atoms with Gasteiger partial charge >= 0.3 is 0 Å². The van der Waals surface area contributed by atoms with Crippen LogP contribution in [-0.4, -0.2) is 94.0 Å². The largest absolute Gasteiger partial charge is 0.290 e. The molecular formula is C18H24N4O4+2. The molecule has 0 saturated carbocycles. The van der Waals surface area contributed by atoms with E-state index in [1.165, 1.54) is 34.1 Å². The van der Waals surface area contributed by atoms with Gasteiger partial charge in [-0.15, -0.1) is 0 Å². The third-order valence-corrected chi connectivity index (χ3v) is 6.99. The van der Waals surface area contributed by atoms with Crippen molar-refractivity contribution < 1.29 is 28.1 Å². The highest BCUT2D eigenvalue weighted by atomic mass is 16.2. The second-order valence-electron chi connectivity index (χ2n) is 7.80. The Morgan fingerprint density at radius 2 is 0.846 bits per heavy atom. The van der Waals surface area contributed by atoms with Crippen LogP contribution in [0.15, 0.2) is 24.3 Å². The molecule has 2 atom stereocenters. The van der Waals surface area contributed by atoms with Gasteiger partial charge in [-0.25, -0.2) is 9.80 Å². The number of nitrogens with zero attached hydrogens (tertiary/aromatic N) is 4. The van der Waals surface area contributed by atoms with Gasteiger partial charge in [-0.3, -0.25) is 28.1 Å². The third kappa shape index (κ3) is 2.22. The number of rotatable bonds is 4. The Morgan fingerprint density at radius 3 is 1.08 bits per heavy atom. The molecular weight excluding hydrogens is 336 g/mol. The summed E-state index contributed by atoms with van der Waals surface area (Å²) in [6, 6.07) is 0. The molecule has 5 aliphatic rings. The van der Waals surface area contributed by atoms with E-state index >= 15 is 0 Å². The zero-order chi connectivity index (χ0) is 18.7. The molecule has 0 aromatic rings. The smallest absolute Gasteiger partial charge is 0.258 e. The maximum atomic E-state index is 12.1. The van der Waals surface area contributed by atoms with Crippen LogP contribution in [-0.2, 0) is 19.2 Å². The van der Waals surface area contributed by atoms with Gasteiger partial charge in [0, 0.05) is 38.2 Å². The van der Waals surface area contributed by atoms with Crippen LogP contribution in [0.1, 0.15) is 13.8 Å². The highest BCUT2D eigenvalue weighted by Gasteiger charge is 2.57. The fraction of sp³-hybridized carbons (Fsp3) is 0.556. The van der Waals surface area contributed by atoms with Crippen molar-refractivity contribution in [2.75, 3.05) is 39.3 Å². The van der Waals surface area contributed by atoms with Gasteiger partial charge in [0.1, 0.15) is 39.3 Å². The summed E-state index contributed by atoms with van der Waals surface area (Å²) in [6.07, 6.45) is 4.96. The van der Waals surface area contributed by atoms with Gasteiger partial charge in [0.2, 0.25) is 0 Å². The average Bonchev–Trinajstić information content (AvgIpc) is 3.16. The summed E-state index contributed by atoms with van der Waals surface area (Å²) in [7, 11) is 0. The van der Waals surface area contributed by atoms with Crippen molar-refractivity contribution >= 4 is 23.6 Å². The van der Waals surface area contributed by atoms with Crippen LogP contribution in [0.4, 0.5) is 0 Å². The summed E-state index contributed by atoms with van der Waals surface area (Å²) in [5.41, 5.74) is 0. The molecule has 8 heteroatoms. The molecule has 2 unspecified atom stereocenters.